The summed E-state index contributed by atoms with van der Waals surface area (Å²) in [5.41, 5.74) is 2.15. The van der Waals surface area contributed by atoms with E-state index in [1.807, 2.05) is 0 Å². The molecule has 226 valence electrons. The van der Waals surface area contributed by atoms with E-state index in [9.17, 15) is 4.79 Å². The highest BCUT2D eigenvalue weighted by molar-refractivity contribution is 7.07. The van der Waals surface area contributed by atoms with Crippen molar-refractivity contribution >= 4 is 17.4 Å². The number of ether oxygens (including phenoxy) is 3. The molecule has 1 N–H and O–H groups in total. The number of nitrogens with zero attached hydrogens (tertiary/aromatic N) is 1. The third-order valence-electron chi connectivity index (χ3n) is 7.65. The number of alkyl carbamates (subject to hydrolysis) is 1. The number of nitrogens with one attached hydrogen (secondary N) is 1. The Kier molecular flexibility index (Phi) is 21.5. The second-order valence-electron chi connectivity index (χ2n) is 11.3. The van der Waals surface area contributed by atoms with Crippen LogP contribution in [0.1, 0.15) is 142 Å². The Morgan fingerprint density at radius 2 is 1.44 bits per heavy atom. The Morgan fingerprint density at radius 3 is 2.05 bits per heavy atom. The van der Waals surface area contributed by atoms with Gasteiger partial charge in [0.15, 0.2) is 12.5 Å². The van der Waals surface area contributed by atoms with Crippen molar-refractivity contribution in [3.8, 4) is 0 Å². The summed E-state index contributed by atoms with van der Waals surface area (Å²) in [7, 11) is 0. The lowest BCUT2D eigenvalue weighted by Gasteiger charge is -2.12. The van der Waals surface area contributed by atoms with E-state index in [1.165, 1.54) is 109 Å². The van der Waals surface area contributed by atoms with Crippen LogP contribution in [0.3, 0.4) is 0 Å². The van der Waals surface area contributed by atoms with Crippen LogP contribution < -0.4 is 9.88 Å². The number of rotatable bonds is 26. The molecule has 0 bridgehead atoms. The average molecular weight is 568 g/mol. The summed E-state index contributed by atoms with van der Waals surface area (Å²) in [4.78, 5) is 11.9. The van der Waals surface area contributed by atoms with Gasteiger partial charge in [-0.15, -0.1) is 0 Å². The number of hydrogen-bond donors (Lipinski definition) is 1. The molecule has 1 aliphatic heterocycles. The zero-order chi connectivity index (χ0) is 27.6. The number of thiazole rings is 1. The van der Waals surface area contributed by atoms with Crippen molar-refractivity contribution in [1.82, 2.24) is 5.32 Å². The summed E-state index contributed by atoms with van der Waals surface area (Å²) in [6, 6.07) is 0. The molecule has 0 aliphatic carbocycles. The Bertz CT molecular complexity index is 673. The number of unbranched alkanes of at least 4 members (excludes halogenated alkanes) is 18. The van der Waals surface area contributed by atoms with E-state index >= 15 is 0 Å². The molecule has 1 amide bonds. The first-order chi connectivity index (χ1) is 19.3. The summed E-state index contributed by atoms with van der Waals surface area (Å²) in [5.74, 6) is 0. The lowest BCUT2D eigenvalue weighted by Crippen LogP contribution is -2.30. The van der Waals surface area contributed by atoms with E-state index in [0.29, 0.717) is 13.2 Å². The number of amides is 1. The highest BCUT2D eigenvalue weighted by atomic mass is 32.1. The maximum Gasteiger partial charge on any atom is 0.407 e. The molecule has 1 fully saturated rings. The molecule has 0 saturated carbocycles. The van der Waals surface area contributed by atoms with Gasteiger partial charge in [0.25, 0.3) is 0 Å². The van der Waals surface area contributed by atoms with Crippen molar-refractivity contribution < 1.29 is 23.6 Å². The van der Waals surface area contributed by atoms with Crippen molar-refractivity contribution in [3.63, 3.8) is 0 Å². The van der Waals surface area contributed by atoms with E-state index in [0.717, 1.165) is 32.2 Å². The Balaban J connectivity index is 1.28. The number of hydrogen-bond acceptors (Lipinski definition) is 5. The Morgan fingerprint density at radius 1 is 0.846 bits per heavy atom. The maximum absolute atomic E-state index is 11.9. The van der Waals surface area contributed by atoms with E-state index < -0.39 is 0 Å². The fraction of sp³-hybridized carbons (Fsp3) is 0.875. The first-order valence-electron chi connectivity index (χ1n) is 16.4. The highest BCUT2D eigenvalue weighted by Gasteiger charge is 2.26. The molecule has 6 nitrogen and oxygen atoms in total. The zero-order valence-electron chi connectivity index (χ0n) is 25.1. The second-order valence-corrected chi connectivity index (χ2v) is 12.1. The fourth-order valence-electron chi connectivity index (χ4n) is 5.18. The van der Waals surface area contributed by atoms with Crippen molar-refractivity contribution in [2.45, 2.75) is 161 Å². The highest BCUT2D eigenvalue weighted by Crippen LogP contribution is 2.19. The monoisotopic (exact) mass is 567 g/mol. The first kappa shape index (κ1) is 34.0. The smallest absolute Gasteiger partial charge is 0.407 e. The molecule has 0 spiro atoms. The van der Waals surface area contributed by atoms with Gasteiger partial charge in [0.2, 0.25) is 5.51 Å². The normalized spacial score (nSPS) is 17.1. The van der Waals surface area contributed by atoms with Gasteiger partial charge in [0.1, 0.15) is 19.3 Å². The van der Waals surface area contributed by atoms with Gasteiger partial charge in [-0.1, -0.05) is 121 Å². The summed E-state index contributed by atoms with van der Waals surface area (Å²) in [6.45, 7) is 4.83. The summed E-state index contributed by atoms with van der Waals surface area (Å²) < 4.78 is 19.2. The van der Waals surface area contributed by atoms with Gasteiger partial charge in [-0.25, -0.2) is 4.79 Å². The lowest BCUT2D eigenvalue weighted by atomic mass is 10.0. The standard InChI is InChI=1S/C32H58N2O4S/c1-2-3-4-5-6-7-8-9-10-11-12-13-14-16-19-22-31-36-27-30(38-31)28-37-32(35)33-23-20-17-15-18-21-24-34-25-26-39-29-34/h25-26,29-31H,2-24,27-28H2,1H3/p+1. The van der Waals surface area contributed by atoms with E-state index in [2.05, 4.69) is 33.9 Å². The van der Waals surface area contributed by atoms with Crippen LogP contribution in [0.15, 0.2) is 17.1 Å². The fourth-order valence-corrected chi connectivity index (χ4v) is 5.81. The molecule has 2 unspecified atom stereocenters. The minimum absolute atomic E-state index is 0.137. The van der Waals surface area contributed by atoms with Gasteiger partial charge >= 0.3 is 6.09 Å². The minimum Gasteiger partial charge on any atom is -0.447 e. The topological polar surface area (TPSA) is 60.7 Å². The average Bonchev–Trinajstić information content (AvgIpc) is 3.63. The predicted octanol–water partition coefficient (Wildman–Crippen LogP) is 8.72. The van der Waals surface area contributed by atoms with Crippen LogP contribution in [0.5, 0.6) is 0 Å². The third-order valence-corrected chi connectivity index (χ3v) is 8.32. The molecule has 2 atom stereocenters. The second kappa shape index (κ2) is 24.6. The molecular formula is C32H59N2O4S+. The first-order valence-corrected chi connectivity index (χ1v) is 17.3. The van der Waals surface area contributed by atoms with Gasteiger partial charge in [-0.2, -0.15) is 4.57 Å². The Labute approximate surface area is 243 Å². The molecule has 1 aromatic heterocycles. The van der Waals surface area contributed by atoms with Crippen molar-refractivity contribution in [2.24, 2.45) is 0 Å². The largest absolute Gasteiger partial charge is 0.447 e. The van der Waals surface area contributed by atoms with E-state index in [-0.39, 0.29) is 25.1 Å². The predicted molar refractivity (Wildman–Crippen MR) is 161 cm³/mol. The van der Waals surface area contributed by atoms with Gasteiger partial charge < -0.3 is 19.5 Å². The molecule has 2 heterocycles. The zero-order valence-corrected chi connectivity index (χ0v) is 25.9. The number of aromatic nitrogens is 1. The molecule has 7 heteroatoms. The number of carbonyl (C=O) groups is 1. The molecule has 2 rings (SSSR count). The molecule has 1 saturated heterocycles. The number of carbonyl (C=O) groups excluding carboxylic acids is 1. The Hall–Kier alpha value is -1.18. The maximum atomic E-state index is 11.9. The van der Waals surface area contributed by atoms with Crippen LogP contribution in [0.2, 0.25) is 0 Å². The van der Waals surface area contributed by atoms with E-state index in [1.54, 1.807) is 11.3 Å². The van der Waals surface area contributed by atoms with Crippen LogP contribution in [0.25, 0.3) is 0 Å². The summed E-state index contributed by atoms with van der Waals surface area (Å²) in [5, 5.41) is 4.96. The van der Waals surface area contributed by atoms with Crippen molar-refractivity contribution in [2.75, 3.05) is 19.8 Å². The van der Waals surface area contributed by atoms with Crippen molar-refractivity contribution in [1.29, 1.82) is 0 Å². The van der Waals surface area contributed by atoms with Crippen molar-refractivity contribution in [3.05, 3.63) is 17.1 Å². The van der Waals surface area contributed by atoms with Crippen LogP contribution in [0, 0.1) is 0 Å². The molecule has 1 aromatic rings. The van der Waals surface area contributed by atoms with Gasteiger partial charge in [0.05, 0.1) is 12.0 Å². The van der Waals surface area contributed by atoms with Gasteiger partial charge in [-0.05, 0) is 25.7 Å². The molecule has 1 aliphatic rings. The number of aryl methyl sites for hydroxylation is 1. The van der Waals surface area contributed by atoms with Crippen LogP contribution in [-0.4, -0.2) is 38.2 Å². The molecule has 0 aromatic carbocycles. The summed E-state index contributed by atoms with van der Waals surface area (Å²) >= 11 is 1.73. The molecular weight excluding hydrogens is 508 g/mol. The summed E-state index contributed by atoms with van der Waals surface area (Å²) in [6.07, 6.45) is 28.8. The lowest BCUT2D eigenvalue weighted by molar-refractivity contribution is -0.692. The SMILES string of the molecule is CCCCCCCCCCCCCCCCCC1OCC(COC(=O)NCCCCCCC[n+]2ccsc2)O1. The van der Waals surface area contributed by atoms with Crippen LogP contribution in [0.4, 0.5) is 4.79 Å². The van der Waals surface area contributed by atoms with Crippen LogP contribution in [-0.2, 0) is 20.8 Å². The third kappa shape index (κ3) is 19.5. The minimum atomic E-state index is -0.349. The molecule has 39 heavy (non-hydrogen) atoms. The van der Waals surface area contributed by atoms with Crippen LogP contribution >= 0.6 is 11.3 Å². The van der Waals surface area contributed by atoms with Gasteiger partial charge in [0, 0.05) is 13.0 Å². The van der Waals surface area contributed by atoms with E-state index in [4.69, 9.17) is 14.2 Å². The molecule has 0 radical (unpaired) electrons. The quantitative estimate of drug-likeness (QED) is 0.0898. The van der Waals surface area contributed by atoms with Gasteiger partial charge in [-0.3, -0.25) is 0 Å².